The van der Waals surface area contributed by atoms with E-state index in [2.05, 4.69) is 10.4 Å². The molecule has 6 nitrogen and oxygen atoms in total. The second-order valence-electron chi connectivity index (χ2n) is 6.26. The maximum atomic E-state index is 12.6. The maximum absolute atomic E-state index is 12.6. The third-order valence-electron chi connectivity index (χ3n) is 4.44. The first-order chi connectivity index (χ1) is 11.9. The van der Waals surface area contributed by atoms with Crippen molar-refractivity contribution in [2.24, 2.45) is 0 Å². The fourth-order valence-corrected chi connectivity index (χ4v) is 2.83. The predicted octanol–water partition coefficient (Wildman–Crippen LogP) is 3.42. The van der Waals surface area contributed by atoms with Crippen LogP contribution in [-0.2, 0) is 6.54 Å². The number of aryl methyl sites for hydroxylation is 3. The number of likely N-dealkylation sites (N-methyl/N-ethyl adjacent to an activating group) is 1. The molecule has 1 heterocycles. The van der Waals surface area contributed by atoms with Crippen LogP contribution in [0.1, 0.15) is 42.5 Å². The van der Waals surface area contributed by atoms with Gasteiger partial charge >= 0.3 is 6.03 Å². The normalized spacial score (nSPS) is 12.1. The highest BCUT2D eigenvalue weighted by Gasteiger charge is 2.20. The largest absolute Gasteiger partial charge is 0.387 e. The summed E-state index contributed by atoms with van der Waals surface area (Å²) in [5.74, 6) is 0. The summed E-state index contributed by atoms with van der Waals surface area (Å²) in [5, 5.41) is 17.8. The molecule has 0 radical (unpaired) electrons. The van der Waals surface area contributed by atoms with Gasteiger partial charge in [0.2, 0.25) is 0 Å². The second kappa shape index (κ2) is 8.16. The highest BCUT2D eigenvalue weighted by molar-refractivity contribution is 5.90. The first-order valence-electron chi connectivity index (χ1n) is 8.71. The van der Waals surface area contributed by atoms with E-state index in [4.69, 9.17) is 0 Å². The number of nitrogens with zero attached hydrogens (tertiary/aromatic N) is 3. The second-order valence-corrected chi connectivity index (χ2v) is 6.26. The van der Waals surface area contributed by atoms with Gasteiger partial charge < -0.3 is 15.3 Å². The first kappa shape index (κ1) is 19.0. The predicted molar refractivity (Wildman–Crippen MR) is 99.8 cm³/mol. The molecule has 0 aliphatic carbocycles. The number of urea groups is 1. The van der Waals surface area contributed by atoms with Crippen molar-refractivity contribution in [2.75, 3.05) is 18.4 Å². The summed E-state index contributed by atoms with van der Waals surface area (Å²) < 4.78 is 1.86. The van der Waals surface area contributed by atoms with Crippen molar-refractivity contribution in [1.82, 2.24) is 14.7 Å². The molecule has 0 saturated heterocycles. The average molecular weight is 344 g/mol. The summed E-state index contributed by atoms with van der Waals surface area (Å²) in [7, 11) is 0. The number of amides is 2. The molecule has 1 aromatic carbocycles. The molecule has 0 fully saturated rings. The summed E-state index contributed by atoms with van der Waals surface area (Å²) >= 11 is 0. The fourth-order valence-electron chi connectivity index (χ4n) is 2.83. The van der Waals surface area contributed by atoms with Crippen LogP contribution in [0.15, 0.2) is 24.3 Å². The minimum Gasteiger partial charge on any atom is -0.387 e. The zero-order chi connectivity index (χ0) is 18.6. The smallest absolute Gasteiger partial charge is 0.322 e. The molecule has 1 atom stereocenters. The zero-order valence-electron chi connectivity index (χ0n) is 15.7. The van der Waals surface area contributed by atoms with Crippen molar-refractivity contribution < 1.29 is 9.90 Å². The van der Waals surface area contributed by atoms with Crippen LogP contribution < -0.4 is 5.32 Å². The van der Waals surface area contributed by atoms with Crippen LogP contribution in [0, 0.1) is 20.8 Å². The van der Waals surface area contributed by atoms with Gasteiger partial charge in [-0.1, -0.05) is 29.8 Å². The molecule has 25 heavy (non-hydrogen) atoms. The topological polar surface area (TPSA) is 70.4 Å². The third kappa shape index (κ3) is 4.39. The van der Waals surface area contributed by atoms with Gasteiger partial charge in [-0.05, 0) is 40.2 Å². The molecule has 2 amide bonds. The molecule has 2 rings (SSSR count). The van der Waals surface area contributed by atoms with Gasteiger partial charge in [0, 0.05) is 13.1 Å². The summed E-state index contributed by atoms with van der Waals surface area (Å²) in [6.45, 7) is 11.2. The molecule has 0 spiro atoms. The van der Waals surface area contributed by atoms with Crippen molar-refractivity contribution in [3.63, 3.8) is 0 Å². The molecule has 2 N–H and O–H groups in total. The van der Waals surface area contributed by atoms with E-state index in [1.54, 1.807) is 4.90 Å². The van der Waals surface area contributed by atoms with E-state index < -0.39 is 6.10 Å². The van der Waals surface area contributed by atoms with Gasteiger partial charge in [0.1, 0.15) is 0 Å². The number of hydrogen-bond donors (Lipinski definition) is 2. The number of aliphatic hydroxyl groups is 1. The van der Waals surface area contributed by atoms with Crippen LogP contribution in [0.25, 0.3) is 0 Å². The van der Waals surface area contributed by atoms with Crippen LogP contribution >= 0.6 is 0 Å². The van der Waals surface area contributed by atoms with E-state index in [-0.39, 0.29) is 12.6 Å². The molecule has 136 valence electrons. The van der Waals surface area contributed by atoms with Crippen LogP contribution in [0.4, 0.5) is 10.5 Å². The Labute approximate surface area is 149 Å². The van der Waals surface area contributed by atoms with Gasteiger partial charge in [-0.3, -0.25) is 4.68 Å². The van der Waals surface area contributed by atoms with E-state index in [1.807, 2.05) is 63.6 Å². The molecule has 2 aromatic rings. The lowest BCUT2D eigenvalue weighted by Crippen LogP contribution is -2.38. The van der Waals surface area contributed by atoms with E-state index in [0.29, 0.717) is 6.54 Å². The van der Waals surface area contributed by atoms with Gasteiger partial charge in [0.15, 0.2) is 0 Å². The number of anilines is 1. The van der Waals surface area contributed by atoms with E-state index in [9.17, 15) is 9.90 Å². The molecule has 1 aromatic heterocycles. The Morgan fingerprint density at radius 2 is 1.88 bits per heavy atom. The zero-order valence-corrected chi connectivity index (χ0v) is 15.7. The van der Waals surface area contributed by atoms with Crippen LogP contribution in [0.2, 0.25) is 0 Å². The highest BCUT2D eigenvalue weighted by Crippen LogP contribution is 2.21. The molecule has 6 heteroatoms. The summed E-state index contributed by atoms with van der Waals surface area (Å²) in [6, 6.07) is 7.48. The van der Waals surface area contributed by atoms with Gasteiger partial charge in [0.25, 0.3) is 0 Å². The third-order valence-corrected chi connectivity index (χ3v) is 4.44. The highest BCUT2D eigenvalue weighted by atomic mass is 16.3. The number of nitrogens with one attached hydrogen (secondary N) is 1. The number of aliphatic hydroxyl groups excluding tert-OH is 1. The van der Waals surface area contributed by atoms with Gasteiger partial charge in [0.05, 0.1) is 29.7 Å². The van der Waals surface area contributed by atoms with Crippen molar-refractivity contribution in [2.45, 2.75) is 47.3 Å². The maximum Gasteiger partial charge on any atom is 0.322 e. The SMILES string of the molecule is CCN(CC(O)c1ccc(C)cc1)C(=O)Nc1c(C)nn(CC)c1C. The standard InChI is InChI=1S/C19H28N4O2/c1-6-22(12-17(24)16-10-8-13(3)9-11-16)19(25)20-18-14(4)21-23(7-2)15(18)5/h8-11,17,24H,6-7,12H2,1-5H3,(H,20,25). The quantitative estimate of drug-likeness (QED) is 0.843. The number of benzene rings is 1. The van der Waals surface area contributed by atoms with Gasteiger partial charge in [-0.25, -0.2) is 4.79 Å². The monoisotopic (exact) mass is 344 g/mol. The van der Waals surface area contributed by atoms with Crippen molar-refractivity contribution in [3.05, 3.63) is 46.8 Å². The molecule has 0 aliphatic rings. The minimum atomic E-state index is -0.716. The molecule has 0 bridgehead atoms. The fraction of sp³-hybridized carbons (Fsp3) is 0.474. The lowest BCUT2D eigenvalue weighted by molar-refractivity contribution is 0.128. The Hall–Kier alpha value is -2.34. The Bertz CT molecular complexity index is 722. The number of rotatable bonds is 6. The van der Waals surface area contributed by atoms with E-state index >= 15 is 0 Å². The van der Waals surface area contributed by atoms with Crippen LogP contribution in [-0.4, -0.2) is 38.9 Å². The molecule has 0 aliphatic heterocycles. The Kier molecular flexibility index (Phi) is 6.20. The number of carbonyl (C=O) groups is 1. The molecular formula is C19H28N4O2. The van der Waals surface area contributed by atoms with E-state index in [1.165, 1.54) is 0 Å². The molecule has 0 saturated carbocycles. The van der Waals surface area contributed by atoms with Gasteiger partial charge in [-0.15, -0.1) is 0 Å². The Morgan fingerprint density at radius 1 is 1.24 bits per heavy atom. The summed E-state index contributed by atoms with van der Waals surface area (Å²) in [5.41, 5.74) is 4.42. The summed E-state index contributed by atoms with van der Waals surface area (Å²) in [4.78, 5) is 14.2. The first-order valence-corrected chi connectivity index (χ1v) is 8.71. The van der Waals surface area contributed by atoms with Crippen molar-refractivity contribution in [3.8, 4) is 0 Å². The Balaban J connectivity index is 2.08. The Morgan fingerprint density at radius 3 is 2.40 bits per heavy atom. The van der Waals surface area contributed by atoms with Crippen LogP contribution in [0.5, 0.6) is 0 Å². The average Bonchev–Trinajstić information content (AvgIpc) is 2.87. The lowest BCUT2D eigenvalue weighted by atomic mass is 10.1. The minimum absolute atomic E-state index is 0.226. The van der Waals surface area contributed by atoms with E-state index in [0.717, 1.165) is 34.7 Å². The van der Waals surface area contributed by atoms with Crippen LogP contribution in [0.3, 0.4) is 0 Å². The van der Waals surface area contributed by atoms with Gasteiger partial charge in [-0.2, -0.15) is 5.10 Å². The molecule has 1 unspecified atom stereocenters. The molecular weight excluding hydrogens is 316 g/mol. The number of aromatic nitrogens is 2. The van der Waals surface area contributed by atoms with Crippen molar-refractivity contribution >= 4 is 11.7 Å². The summed E-state index contributed by atoms with van der Waals surface area (Å²) in [6.07, 6.45) is -0.716. The number of carbonyl (C=O) groups excluding carboxylic acids is 1. The lowest BCUT2D eigenvalue weighted by Gasteiger charge is -2.24. The number of hydrogen-bond acceptors (Lipinski definition) is 3. The van der Waals surface area contributed by atoms with Crippen molar-refractivity contribution in [1.29, 1.82) is 0 Å².